The van der Waals surface area contributed by atoms with Crippen LogP contribution in [0.25, 0.3) is 54.9 Å². The molecule has 2 aliphatic rings. The molecule has 0 heterocycles. The number of rotatable bonds is 3. The Hall–Kier alpha value is -5.72. The van der Waals surface area contributed by atoms with E-state index in [0.717, 1.165) is 0 Å². The molecule has 214 valence electrons. The van der Waals surface area contributed by atoms with Gasteiger partial charge in [-0.1, -0.05) is 158 Å². The van der Waals surface area contributed by atoms with Crippen LogP contribution in [-0.4, -0.2) is 0 Å². The van der Waals surface area contributed by atoms with E-state index in [0.29, 0.717) is 0 Å². The van der Waals surface area contributed by atoms with Gasteiger partial charge in [-0.15, -0.1) is 0 Å². The van der Waals surface area contributed by atoms with E-state index in [1.54, 1.807) is 0 Å². The van der Waals surface area contributed by atoms with E-state index in [2.05, 4.69) is 170 Å². The van der Waals surface area contributed by atoms with Crippen LogP contribution in [0.5, 0.6) is 0 Å². The van der Waals surface area contributed by atoms with Crippen molar-refractivity contribution in [2.75, 3.05) is 0 Å². The Morgan fingerprint density at radius 1 is 0.261 bits per heavy atom. The van der Waals surface area contributed by atoms with Gasteiger partial charge < -0.3 is 0 Å². The molecule has 0 aliphatic heterocycles. The summed E-state index contributed by atoms with van der Waals surface area (Å²) in [5.74, 6) is 0.444. The lowest BCUT2D eigenvalue weighted by molar-refractivity contribution is 1.03. The molecule has 0 saturated carbocycles. The van der Waals surface area contributed by atoms with Crippen molar-refractivity contribution in [1.29, 1.82) is 0 Å². The zero-order valence-corrected chi connectivity index (χ0v) is 25.3. The minimum absolute atomic E-state index is 0.222. The lowest BCUT2D eigenvalue weighted by Crippen LogP contribution is -2.00. The van der Waals surface area contributed by atoms with Gasteiger partial charge in [0.1, 0.15) is 0 Å². The Labute approximate surface area is 269 Å². The number of hydrogen-bond donors (Lipinski definition) is 0. The van der Waals surface area contributed by atoms with Crippen molar-refractivity contribution in [3.05, 3.63) is 203 Å². The van der Waals surface area contributed by atoms with Crippen LogP contribution in [0.3, 0.4) is 0 Å². The van der Waals surface area contributed by atoms with Crippen LogP contribution in [0.4, 0.5) is 0 Å². The summed E-state index contributed by atoms with van der Waals surface area (Å²) in [6.07, 6.45) is 0. The van der Waals surface area contributed by atoms with Gasteiger partial charge in [0.2, 0.25) is 0 Å². The van der Waals surface area contributed by atoms with Crippen molar-refractivity contribution >= 4 is 21.5 Å². The van der Waals surface area contributed by atoms with E-state index < -0.39 is 0 Å². The van der Waals surface area contributed by atoms with E-state index in [4.69, 9.17) is 0 Å². The molecule has 0 nitrogen and oxygen atoms in total. The highest BCUT2D eigenvalue weighted by atomic mass is 14.4. The van der Waals surface area contributed by atoms with Crippen LogP contribution >= 0.6 is 0 Å². The molecule has 2 atom stereocenters. The van der Waals surface area contributed by atoms with Gasteiger partial charge >= 0.3 is 0 Å². The van der Waals surface area contributed by atoms with Gasteiger partial charge in [0.05, 0.1) is 0 Å². The van der Waals surface area contributed by atoms with Crippen LogP contribution < -0.4 is 0 Å². The molecule has 0 amide bonds. The van der Waals surface area contributed by atoms with Crippen molar-refractivity contribution < 1.29 is 0 Å². The van der Waals surface area contributed by atoms with Crippen molar-refractivity contribution in [2.24, 2.45) is 0 Å². The van der Waals surface area contributed by atoms with Gasteiger partial charge in [0.15, 0.2) is 0 Å². The standard InChI is InChI=1S/C46H30/c1-3-15-33-29(11-1)13-9-21-37(33)45-39-19-7-5-17-35(39)43-27-31(23-25-41(43)45)32-24-26-42-44(28-32)36-18-6-8-20-40(36)46(42)38-22-10-14-30-12-2-4-16-34(30)38/h1-28,45-46H. The molecule has 10 rings (SSSR count). The fourth-order valence-electron chi connectivity index (χ4n) is 8.44. The molecule has 0 heteroatoms. The van der Waals surface area contributed by atoms with E-state index in [-0.39, 0.29) is 11.8 Å². The molecule has 0 bridgehead atoms. The number of fused-ring (bicyclic) bond motifs is 8. The van der Waals surface area contributed by atoms with Gasteiger partial charge in [-0.2, -0.15) is 0 Å². The first-order valence-electron chi connectivity index (χ1n) is 16.3. The smallest absolute Gasteiger partial charge is 0.0358 e. The summed E-state index contributed by atoms with van der Waals surface area (Å²) in [6.45, 7) is 0. The molecule has 0 spiro atoms. The first-order valence-corrected chi connectivity index (χ1v) is 16.3. The van der Waals surface area contributed by atoms with Gasteiger partial charge in [-0.05, 0) is 100 Å². The predicted molar refractivity (Wildman–Crippen MR) is 193 cm³/mol. The van der Waals surface area contributed by atoms with E-state index in [9.17, 15) is 0 Å². The topological polar surface area (TPSA) is 0 Å². The van der Waals surface area contributed by atoms with Crippen molar-refractivity contribution in [2.45, 2.75) is 11.8 Å². The van der Waals surface area contributed by atoms with Crippen LogP contribution in [0.15, 0.2) is 170 Å². The number of benzene rings is 8. The maximum Gasteiger partial charge on any atom is 0.0358 e. The minimum atomic E-state index is 0.222. The average molecular weight is 583 g/mol. The van der Waals surface area contributed by atoms with Crippen molar-refractivity contribution in [3.63, 3.8) is 0 Å². The molecule has 46 heavy (non-hydrogen) atoms. The third-order valence-electron chi connectivity index (χ3n) is 10.5. The zero-order valence-electron chi connectivity index (χ0n) is 25.3. The maximum absolute atomic E-state index is 2.43. The molecule has 0 fully saturated rings. The third-order valence-corrected chi connectivity index (χ3v) is 10.5. The van der Waals surface area contributed by atoms with Gasteiger partial charge in [-0.25, -0.2) is 0 Å². The largest absolute Gasteiger partial charge is 0.0619 e. The van der Waals surface area contributed by atoms with Crippen LogP contribution in [0, 0.1) is 0 Å². The highest BCUT2D eigenvalue weighted by Crippen LogP contribution is 2.52. The average Bonchev–Trinajstić information content (AvgIpc) is 3.63. The Kier molecular flexibility index (Phi) is 5.50. The quantitative estimate of drug-likeness (QED) is 0.194. The summed E-state index contributed by atoms with van der Waals surface area (Å²) in [4.78, 5) is 0. The van der Waals surface area contributed by atoms with Crippen LogP contribution in [-0.2, 0) is 0 Å². The lowest BCUT2D eigenvalue weighted by atomic mass is 9.85. The molecule has 8 aromatic carbocycles. The second kappa shape index (κ2) is 9.89. The predicted octanol–water partition coefficient (Wildman–Crippen LogP) is 12.0. The van der Waals surface area contributed by atoms with E-state index in [1.165, 1.54) is 88.3 Å². The minimum Gasteiger partial charge on any atom is -0.0619 e. The summed E-state index contributed by atoms with van der Waals surface area (Å²) >= 11 is 0. The second-order valence-electron chi connectivity index (χ2n) is 12.8. The van der Waals surface area contributed by atoms with Crippen LogP contribution in [0.2, 0.25) is 0 Å². The molecule has 0 N–H and O–H groups in total. The lowest BCUT2D eigenvalue weighted by Gasteiger charge is -2.18. The molecule has 0 aromatic heterocycles. The van der Waals surface area contributed by atoms with Gasteiger partial charge in [0, 0.05) is 11.8 Å². The molecular weight excluding hydrogens is 553 g/mol. The normalized spacial score (nSPS) is 15.8. The third kappa shape index (κ3) is 3.68. The Morgan fingerprint density at radius 2 is 0.630 bits per heavy atom. The highest BCUT2D eigenvalue weighted by Gasteiger charge is 2.33. The SMILES string of the molecule is c1ccc2c(c1)-c1cc(-c3ccc4c(c3)-c3ccccc3C4c3cccc4ccccc34)ccc1C2c1cccc2ccccc12. The molecule has 0 saturated heterocycles. The molecule has 8 aromatic rings. The fraction of sp³-hybridized carbons (Fsp3) is 0.0435. The van der Waals surface area contributed by atoms with Crippen LogP contribution in [0.1, 0.15) is 45.2 Å². The molecular formula is C46H30. The van der Waals surface area contributed by atoms with E-state index >= 15 is 0 Å². The zero-order chi connectivity index (χ0) is 30.2. The monoisotopic (exact) mass is 582 g/mol. The maximum atomic E-state index is 2.43. The molecule has 2 unspecified atom stereocenters. The summed E-state index contributed by atoms with van der Waals surface area (Å²) < 4.78 is 0. The molecule has 2 aliphatic carbocycles. The first-order chi connectivity index (χ1) is 22.8. The second-order valence-corrected chi connectivity index (χ2v) is 12.8. The first kappa shape index (κ1) is 25.6. The summed E-state index contributed by atoms with van der Waals surface area (Å²) in [5, 5.41) is 5.25. The summed E-state index contributed by atoms with van der Waals surface area (Å²) in [5.41, 5.74) is 16.3. The Bertz CT molecular complexity index is 2310. The van der Waals surface area contributed by atoms with Gasteiger partial charge in [-0.3, -0.25) is 0 Å². The highest BCUT2D eigenvalue weighted by molar-refractivity contribution is 5.93. The van der Waals surface area contributed by atoms with Gasteiger partial charge in [0.25, 0.3) is 0 Å². The van der Waals surface area contributed by atoms with Crippen molar-refractivity contribution in [1.82, 2.24) is 0 Å². The van der Waals surface area contributed by atoms with E-state index in [1.807, 2.05) is 0 Å². The summed E-state index contributed by atoms with van der Waals surface area (Å²) in [7, 11) is 0. The summed E-state index contributed by atoms with van der Waals surface area (Å²) in [6, 6.07) is 63.4. The molecule has 0 radical (unpaired) electrons. The Balaban J connectivity index is 1.12. The number of hydrogen-bond acceptors (Lipinski definition) is 0. The van der Waals surface area contributed by atoms with Crippen molar-refractivity contribution in [3.8, 4) is 33.4 Å². The fourth-order valence-corrected chi connectivity index (χ4v) is 8.44. The Morgan fingerprint density at radius 3 is 1.13 bits per heavy atom.